The minimum absolute atomic E-state index is 0.0401. The Kier molecular flexibility index (Phi) is 7.28. The van der Waals surface area contributed by atoms with Crippen LogP contribution in [0, 0.1) is 0 Å². The van der Waals surface area contributed by atoms with Crippen molar-refractivity contribution >= 4 is 41.0 Å². The maximum absolute atomic E-state index is 10.6. The van der Waals surface area contributed by atoms with Crippen LogP contribution in [0.4, 0.5) is 11.4 Å². The van der Waals surface area contributed by atoms with Gasteiger partial charge in [-0.3, -0.25) is 9.27 Å². The van der Waals surface area contributed by atoms with Gasteiger partial charge in [-0.1, -0.05) is 24.3 Å². The van der Waals surface area contributed by atoms with Gasteiger partial charge in [0.1, 0.15) is 0 Å². The molecule has 0 aliphatic rings. The van der Waals surface area contributed by atoms with Gasteiger partial charge >= 0.3 is 0 Å². The van der Waals surface area contributed by atoms with Crippen LogP contribution >= 0.6 is 0 Å². The van der Waals surface area contributed by atoms with Crippen molar-refractivity contribution < 1.29 is 8.76 Å². The van der Waals surface area contributed by atoms with Crippen molar-refractivity contribution in [3.63, 3.8) is 0 Å². The fraction of sp³-hybridized carbons (Fsp3) is 0.0625. The molecular formula is C16H19N7O2S. The van der Waals surface area contributed by atoms with Crippen molar-refractivity contribution in [2.75, 3.05) is 17.1 Å². The van der Waals surface area contributed by atoms with Gasteiger partial charge in [-0.05, 0) is 35.4 Å². The minimum Gasteiger partial charge on any atom is -0.388 e. The normalized spacial score (nSPS) is 13.1. The van der Waals surface area contributed by atoms with E-state index in [0.29, 0.717) is 5.69 Å². The number of guanidine groups is 1. The maximum atomic E-state index is 10.6. The summed E-state index contributed by atoms with van der Waals surface area (Å²) >= 11 is -2.10. The molecule has 2 aromatic carbocycles. The van der Waals surface area contributed by atoms with Gasteiger partial charge < -0.3 is 11.1 Å². The second kappa shape index (κ2) is 9.91. The van der Waals surface area contributed by atoms with Crippen LogP contribution in [0.25, 0.3) is 0 Å². The van der Waals surface area contributed by atoms with Crippen molar-refractivity contribution in [1.82, 2.24) is 5.43 Å². The summed E-state index contributed by atoms with van der Waals surface area (Å²) in [5.41, 5.74) is 11.4. The molecule has 0 saturated carbocycles. The summed E-state index contributed by atoms with van der Waals surface area (Å²) in [5, 5.41) is 14.6. The molecule has 0 radical (unpaired) electrons. The average Bonchev–Trinajstić information content (AvgIpc) is 2.63. The summed E-state index contributed by atoms with van der Waals surface area (Å²) in [6.45, 7) is 0. The van der Waals surface area contributed by atoms with Gasteiger partial charge in [0.2, 0.25) is 5.96 Å². The Morgan fingerprint density at radius 3 is 2.19 bits per heavy atom. The van der Waals surface area contributed by atoms with Gasteiger partial charge in [0.05, 0.1) is 12.4 Å². The van der Waals surface area contributed by atoms with Crippen LogP contribution in [-0.4, -0.2) is 34.2 Å². The lowest BCUT2D eigenvalue weighted by molar-refractivity contribution is 0.570. The fourth-order valence-electron chi connectivity index (χ4n) is 1.83. The number of anilines is 2. The standard InChI is InChI=1S/C16H19N7O2S/c1-18-14-6-2-12(3-7-14)10-19-21-16(17)22-20-11-13-4-8-15(9-5-13)23-26(24)25/h2-11,18,23H,1H3,(H,24,25)(H3,17,21,22)/b19-10+,20-11+. The highest BCUT2D eigenvalue weighted by Gasteiger charge is 1.95. The van der Waals surface area contributed by atoms with Crippen LogP contribution in [0.15, 0.2) is 63.8 Å². The molecule has 1 unspecified atom stereocenters. The first-order valence-corrected chi connectivity index (χ1v) is 8.58. The predicted molar refractivity (Wildman–Crippen MR) is 107 cm³/mol. The molecule has 0 fully saturated rings. The summed E-state index contributed by atoms with van der Waals surface area (Å²) in [7, 11) is 1.85. The second-order valence-electron chi connectivity index (χ2n) is 4.95. The lowest BCUT2D eigenvalue weighted by Gasteiger charge is -2.00. The Bertz CT molecular complexity index is 817. The van der Waals surface area contributed by atoms with E-state index in [4.69, 9.17) is 10.3 Å². The Labute approximate surface area is 153 Å². The summed E-state index contributed by atoms with van der Waals surface area (Å²) in [5.74, 6) is 0.0401. The van der Waals surface area contributed by atoms with E-state index in [9.17, 15) is 4.21 Å². The lowest BCUT2D eigenvalue weighted by atomic mass is 10.2. The Hall–Kier alpha value is -3.24. The molecule has 0 bridgehead atoms. The van der Waals surface area contributed by atoms with Crippen LogP contribution < -0.4 is 21.2 Å². The van der Waals surface area contributed by atoms with Gasteiger partial charge in [-0.25, -0.2) is 9.63 Å². The third kappa shape index (κ3) is 6.71. The highest BCUT2D eigenvalue weighted by Crippen LogP contribution is 2.08. The Morgan fingerprint density at radius 1 is 1.04 bits per heavy atom. The van der Waals surface area contributed by atoms with E-state index >= 15 is 0 Å². The zero-order chi connectivity index (χ0) is 18.8. The Balaban J connectivity index is 1.85. The fourth-order valence-corrected chi connectivity index (χ4v) is 2.16. The van der Waals surface area contributed by atoms with E-state index in [-0.39, 0.29) is 5.96 Å². The Morgan fingerprint density at radius 2 is 1.62 bits per heavy atom. The molecule has 6 N–H and O–H groups in total. The van der Waals surface area contributed by atoms with E-state index in [1.54, 1.807) is 30.5 Å². The lowest BCUT2D eigenvalue weighted by Crippen LogP contribution is -2.26. The van der Waals surface area contributed by atoms with E-state index in [1.807, 2.05) is 31.3 Å². The van der Waals surface area contributed by atoms with Gasteiger partial charge in [0, 0.05) is 18.4 Å². The maximum Gasteiger partial charge on any atom is 0.259 e. The van der Waals surface area contributed by atoms with Crippen molar-refractivity contribution in [2.45, 2.75) is 0 Å². The second-order valence-corrected chi connectivity index (χ2v) is 5.65. The molecule has 0 aromatic heterocycles. The summed E-state index contributed by atoms with van der Waals surface area (Å²) in [6.07, 6.45) is 3.11. The molecule has 2 aromatic rings. The molecule has 0 aliphatic heterocycles. The topological polar surface area (TPSA) is 136 Å². The summed E-state index contributed by atoms with van der Waals surface area (Å²) in [4.78, 5) is 0. The molecular weight excluding hydrogens is 354 g/mol. The van der Waals surface area contributed by atoms with Crippen LogP contribution in [0.3, 0.4) is 0 Å². The number of nitrogens with zero attached hydrogens (tertiary/aromatic N) is 3. The molecule has 0 heterocycles. The van der Waals surface area contributed by atoms with Crippen molar-refractivity contribution in [3.05, 3.63) is 59.7 Å². The molecule has 2 rings (SSSR count). The van der Waals surface area contributed by atoms with Crippen LogP contribution in [0.5, 0.6) is 0 Å². The number of hydrazone groups is 1. The molecule has 0 spiro atoms. The van der Waals surface area contributed by atoms with Gasteiger partial charge in [-0.2, -0.15) is 10.2 Å². The first kappa shape index (κ1) is 19.1. The molecule has 26 heavy (non-hydrogen) atoms. The molecule has 0 amide bonds. The third-order valence-corrected chi connectivity index (χ3v) is 3.49. The highest BCUT2D eigenvalue weighted by atomic mass is 32.2. The molecule has 0 saturated heterocycles. The van der Waals surface area contributed by atoms with E-state index < -0.39 is 11.3 Å². The zero-order valence-electron chi connectivity index (χ0n) is 14.0. The monoisotopic (exact) mass is 373 g/mol. The first-order valence-electron chi connectivity index (χ1n) is 7.48. The summed E-state index contributed by atoms with van der Waals surface area (Å²) in [6, 6.07) is 14.4. The molecule has 1 atom stereocenters. The van der Waals surface area contributed by atoms with Crippen molar-refractivity contribution in [1.29, 1.82) is 0 Å². The van der Waals surface area contributed by atoms with Gasteiger partial charge in [-0.15, -0.1) is 5.10 Å². The SMILES string of the molecule is CNc1ccc(/C=N/NC(N)=N/N=C/c2ccc(NS(=O)O)cc2)cc1. The number of rotatable bonds is 7. The van der Waals surface area contributed by atoms with Crippen LogP contribution in [-0.2, 0) is 11.3 Å². The average molecular weight is 373 g/mol. The molecule has 0 aliphatic carbocycles. The molecule has 10 heteroatoms. The van der Waals surface area contributed by atoms with Crippen molar-refractivity contribution in [3.8, 4) is 0 Å². The van der Waals surface area contributed by atoms with Crippen molar-refractivity contribution in [2.24, 2.45) is 21.0 Å². The first-order chi connectivity index (χ1) is 12.6. The predicted octanol–water partition coefficient (Wildman–Crippen LogP) is 1.55. The van der Waals surface area contributed by atoms with Crippen LogP contribution in [0.2, 0.25) is 0 Å². The van der Waals surface area contributed by atoms with E-state index in [0.717, 1.165) is 16.8 Å². The number of hydrogen-bond acceptors (Lipinski definition) is 5. The van der Waals surface area contributed by atoms with E-state index in [1.165, 1.54) is 6.21 Å². The quantitative estimate of drug-likeness (QED) is 0.217. The zero-order valence-corrected chi connectivity index (χ0v) is 14.8. The largest absolute Gasteiger partial charge is 0.388 e. The molecule has 136 valence electrons. The number of nitrogens with one attached hydrogen (secondary N) is 3. The highest BCUT2D eigenvalue weighted by molar-refractivity contribution is 7.80. The third-order valence-electron chi connectivity index (χ3n) is 3.08. The molecule has 9 nitrogen and oxygen atoms in total. The number of hydrogen-bond donors (Lipinski definition) is 5. The van der Waals surface area contributed by atoms with Gasteiger partial charge in [0.25, 0.3) is 11.3 Å². The van der Waals surface area contributed by atoms with E-state index in [2.05, 4.69) is 30.8 Å². The van der Waals surface area contributed by atoms with Gasteiger partial charge in [0.15, 0.2) is 0 Å². The van der Waals surface area contributed by atoms with Crippen LogP contribution in [0.1, 0.15) is 11.1 Å². The minimum atomic E-state index is -2.10. The number of benzene rings is 2. The number of nitrogens with two attached hydrogens (primary N) is 1. The smallest absolute Gasteiger partial charge is 0.259 e. The summed E-state index contributed by atoms with van der Waals surface area (Å²) < 4.78 is 21.7.